The van der Waals surface area contributed by atoms with Gasteiger partial charge in [0, 0.05) is 25.2 Å². The molecular weight excluding hydrogens is 367 g/mol. The fourth-order valence-electron chi connectivity index (χ4n) is 2.77. The van der Waals surface area contributed by atoms with E-state index in [0.29, 0.717) is 23.8 Å². The van der Waals surface area contributed by atoms with E-state index < -0.39 is 17.8 Å². The Balaban J connectivity index is 2.11. The number of carboxylic acids is 1. The quantitative estimate of drug-likeness (QED) is 0.733. The van der Waals surface area contributed by atoms with Crippen LogP contribution in [0.4, 0.5) is 5.69 Å². The molecule has 2 rings (SSSR count). The van der Waals surface area contributed by atoms with E-state index >= 15 is 0 Å². The van der Waals surface area contributed by atoms with E-state index in [4.69, 9.17) is 28.3 Å². The van der Waals surface area contributed by atoms with Crippen molar-refractivity contribution >= 4 is 46.7 Å². The van der Waals surface area contributed by atoms with Crippen LogP contribution in [0, 0.1) is 5.92 Å². The lowest BCUT2D eigenvalue weighted by atomic mass is 9.98. The number of rotatable bonds is 6. The van der Waals surface area contributed by atoms with Crippen molar-refractivity contribution in [3.63, 3.8) is 0 Å². The van der Waals surface area contributed by atoms with Gasteiger partial charge in [-0.05, 0) is 43.9 Å². The van der Waals surface area contributed by atoms with Gasteiger partial charge in [0.05, 0.1) is 10.0 Å². The summed E-state index contributed by atoms with van der Waals surface area (Å²) in [5.41, 5.74) is 0.408. The predicted molar refractivity (Wildman–Crippen MR) is 95.9 cm³/mol. The number of hydrogen-bond donors (Lipinski definition) is 2. The van der Waals surface area contributed by atoms with Crippen LogP contribution in [0.25, 0.3) is 0 Å². The van der Waals surface area contributed by atoms with Gasteiger partial charge in [-0.3, -0.25) is 14.4 Å². The summed E-state index contributed by atoms with van der Waals surface area (Å²) < 4.78 is 0. The molecule has 1 aromatic rings. The molecule has 25 heavy (non-hydrogen) atoms. The third-order valence-corrected chi connectivity index (χ3v) is 4.86. The summed E-state index contributed by atoms with van der Waals surface area (Å²) in [5.74, 6) is -2.93. The first kappa shape index (κ1) is 19.5. The van der Waals surface area contributed by atoms with Crippen LogP contribution in [0.3, 0.4) is 0 Å². The van der Waals surface area contributed by atoms with Gasteiger partial charge in [0.1, 0.15) is 5.92 Å². The van der Waals surface area contributed by atoms with Crippen molar-refractivity contribution in [2.45, 2.75) is 32.1 Å². The van der Waals surface area contributed by atoms with Crippen molar-refractivity contribution in [2.24, 2.45) is 5.92 Å². The van der Waals surface area contributed by atoms with Gasteiger partial charge in [-0.2, -0.15) is 0 Å². The maximum Gasteiger partial charge on any atom is 0.303 e. The number of carboxylic acid groups (broad SMARTS) is 1. The molecule has 1 atom stereocenters. The highest BCUT2D eigenvalue weighted by Gasteiger charge is 2.31. The number of halogens is 2. The zero-order valence-electron chi connectivity index (χ0n) is 13.6. The van der Waals surface area contributed by atoms with E-state index in [1.807, 2.05) is 0 Å². The molecule has 1 aliphatic rings. The van der Waals surface area contributed by atoms with Gasteiger partial charge in [-0.1, -0.05) is 23.2 Å². The fourth-order valence-corrected chi connectivity index (χ4v) is 3.07. The third-order valence-electron chi connectivity index (χ3n) is 4.12. The number of carbonyl (C=O) groups is 3. The fraction of sp³-hybridized carbons (Fsp3) is 0.471. The van der Waals surface area contributed by atoms with E-state index in [1.54, 1.807) is 11.0 Å². The Kier molecular flexibility index (Phi) is 7.08. The molecule has 6 nitrogen and oxygen atoms in total. The molecule has 1 unspecified atom stereocenters. The first-order valence-corrected chi connectivity index (χ1v) is 8.90. The van der Waals surface area contributed by atoms with Gasteiger partial charge in [0.2, 0.25) is 11.8 Å². The first-order valence-electron chi connectivity index (χ1n) is 8.15. The molecule has 136 valence electrons. The summed E-state index contributed by atoms with van der Waals surface area (Å²) >= 11 is 11.8. The van der Waals surface area contributed by atoms with Crippen LogP contribution in [0.5, 0.6) is 0 Å². The van der Waals surface area contributed by atoms with E-state index in [2.05, 4.69) is 5.32 Å². The predicted octanol–water partition coefficient (Wildman–Crippen LogP) is 3.43. The number of likely N-dealkylation sites (tertiary alicyclic amines) is 1. The van der Waals surface area contributed by atoms with Crippen LogP contribution in [-0.2, 0) is 14.4 Å². The van der Waals surface area contributed by atoms with Gasteiger partial charge in [-0.25, -0.2) is 0 Å². The van der Waals surface area contributed by atoms with E-state index in [0.717, 1.165) is 19.3 Å². The summed E-state index contributed by atoms with van der Waals surface area (Å²) in [6.07, 6.45) is 2.55. The highest BCUT2D eigenvalue weighted by molar-refractivity contribution is 6.42. The van der Waals surface area contributed by atoms with Crippen molar-refractivity contribution in [3.8, 4) is 0 Å². The van der Waals surface area contributed by atoms with Gasteiger partial charge in [-0.15, -0.1) is 0 Å². The number of anilines is 1. The molecule has 1 aromatic carbocycles. The molecule has 8 heteroatoms. The van der Waals surface area contributed by atoms with Crippen molar-refractivity contribution in [3.05, 3.63) is 28.2 Å². The minimum Gasteiger partial charge on any atom is -0.481 e. The molecule has 0 saturated carbocycles. The topological polar surface area (TPSA) is 86.7 Å². The molecule has 0 radical (unpaired) electrons. The minimum absolute atomic E-state index is 0.0438. The number of aliphatic carboxylic acids is 1. The normalized spacial score (nSPS) is 15.5. The van der Waals surface area contributed by atoms with Crippen molar-refractivity contribution in [1.82, 2.24) is 4.90 Å². The number of carbonyl (C=O) groups excluding carboxylic acids is 2. The van der Waals surface area contributed by atoms with Crippen LogP contribution >= 0.6 is 23.2 Å². The first-order chi connectivity index (χ1) is 11.9. The van der Waals surface area contributed by atoms with Crippen molar-refractivity contribution in [2.75, 3.05) is 18.4 Å². The molecule has 0 spiro atoms. The molecule has 2 amide bonds. The molecule has 1 fully saturated rings. The monoisotopic (exact) mass is 386 g/mol. The van der Waals surface area contributed by atoms with E-state index in [-0.39, 0.29) is 23.8 Å². The highest BCUT2D eigenvalue weighted by atomic mass is 35.5. The molecule has 0 aliphatic carbocycles. The Morgan fingerprint density at radius 3 is 2.40 bits per heavy atom. The Bertz CT molecular complexity index is 660. The molecule has 0 aromatic heterocycles. The summed E-state index contributed by atoms with van der Waals surface area (Å²) in [6.45, 7) is 1.20. The number of nitrogens with one attached hydrogen (secondary N) is 1. The zero-order chi connectivity index (χ0) is 18.4. The average Bonchev–Trinajstić information content (AvgIpc) is 2.58. The second-order valence-corrected chi connectivity index (χ2v) is 6.80. The van der Waals surface area contributed by atoms with Crippen LogP contribution in [0.15, 0.2) is 18.2 Å². The maximum absolute atomic E-state index is 12.7. The molecule has 1 saturated heterocycles. The number of nitrogens with zero attached hydrogens (tertiary/aromatic N) is 1. The van der Waals surface area contributed by atoms with E-state index in [1.165, 1.54) is 12.1 Å². The Morgan fingerprint density at radius 1 is 1.12 bits per heavy atom. The molecule has 1 heterocycles. The number of piperidine rings is 1. The Labute approximate surface area is 156 Å². The lowest BCUT2D eigenvalue weighted by Gasteiger charge is -2.30. The largest absolute Gasteiger partial charge is 0.481 e. The average molecular weight is 387 g/mol. The minimum atomic E-state index is -1.04. The van der Waals surface area contributed by atoms with Crippen LogP contribution in [-0.4, -0.2) is 40.9 Å². The Morgan fingerprint density at radius 2 is 1.80 bits per heavy atom. The van der Waals surface area contributed by atoms with Crippen LogP contribution in [0.1, 0.15) is 32.1 Å². The third kappa shape index (κ3) is 5.61. The molecule has 0 bridgehead atoms. The number of benzene rings is 1. The standard InChI is InChI=1S/C17H20Cl2N2O4/c18-13-6-4-11(10-14(13)19)20-16(24)12(5-7-15(22)23)17(25)21-8-2-1-3-9-21/h4,6,10,12H,1-3,5,7-9H2,(H,20,24)(H,22,23). The van der Waals surface area contributed by atoms with Crippen LogP contribution < -0.4 is 5.32 Å². The second kappa shape index (κ2) is 9.06. The van der Waals surface area contributed by atoms with E-state index in [9.17, 15) is 14.4 Å². The van der Waals surface area contributed by atoms with Crippen LogP contribution in [0.2, 0.25) is 10.0 Å². The van der Waals surface area contributed by atoms with Gasteiger partial charge >= 0.3 is 5.97 Å². The van der Waals surface area contributed by atoms with Gasteiger partial charge < -0.3 is 15.3 Å². The number of amides is 2. The van der Waals surface area contributed by atoms with Crippen molar-refractivity contribution in [1.29, 1.82) is 0 Å². The molecule has 1 aliphatic heterocycles. The summed E-state index contributed by atoms with van der Waals surface area (Å²) in [5, 5.41) is 12.2. The van der Waals surface area contributed by atoms with Gasteiger partial charge in [0.25, 0.3) is 0 Å². The smallest absolute Gasteiger partial charge is 0.303 e. The summed E-state index contributed by atoms with van der Waals surface area (Å²) in [7, 11) is 0. The Hall–Kier alpha value is -1.79. The lowest BCUT2D eigenvalue weighted by Crippen LogP contribution is -2.44. The highest BCUT2D eigenvalue weighted by Crippen LogP contribution is 2.26. The molecule has 2 N–H and O–H groups in total. The maximum atomic E-state index is 12.7. The zero-order valence-corrected chi connectivity index (χ0v) is 15.1. The summed E-state index contributed by atoms with van der Waals surface area (Å²) in [4.78, 5) is 37.8. The lowest BCUT2D eigenvalue weighted by molar-refractivity contribution is -0.142. The molecular formula is C17H20Cl2N2O4. The van der Waals surface area contributed by atoms with Gasteiger partial charge in [0.15, 0.2) is 0 Å². The second-order valence-electron chi connectivity index (χ2n) is 5.99. The number of hydrogen-bond acceptors (Lipinski definition) is 3. The summed E-state index contributed by atoms with van der Waals surface area (Å²) in [6, 6.07) is 4.60. The van der Waals surface area contributed by atoms with Crippen molar-refractivity contribution < 1.29 is 19.5 Å². The SMILES string of the molecule is O=C(O)CCC(C(=O)Nc1ccc(Cl)c(Cl)c1)C(=O)N1CCCCC1.